The summed E-state index contributed by atoms with van der Waals surface area (Å²) < 4.78 is 25.8. The first-order chi connectivity index (χ1) is 11.4. The van der Waals surface area contributed by atoms with E-state index in [0.717, 1.165) is 10.4 Å². The van der Waals surface area contributed by atoms with Crippen LogP contribution in [0.4, 0.5) is 8.78 Å². The second-order valence-corrected chi connectivity index (χ2v) is 6.95. The smallest absolute Gasteiger partial charge is 0.272 e. The summed E-state index contributed by atoms with van der Waals surface area (Å²) >= 11 is 1.48. The Morgan fingerprint density at radius 1 is 1.46 bits per heavy atom. The third-order valence-corrected chi connectivity index (χ3v) is 5.01. The van der Waals surface area contributed by atoms with Crippen molar-refractivity contribution in [3.63, 3.8) is 0 Å². The minimum Gasteiger partial charge on any atom is -0.366 e. The van der Waals surface area contributed by atoms with Crippen LogP contribution in [0.2, 0.25) is 0 Å². The lowest BCUT2D eigenvalue weighted by atomic mass is 10.0. The molecule has 1 saturated heterocycles. The molecule has 0 spiro atoms. The maximum atomic E-state index is 12.9. The second-order valence-electron chi connectivity index (χ2n) is 5.95. The topological polar surface area (TPSA) is 75.0 Å². The predicted octanol–water partition coefficient (Wildman–Crippen LogP) is 2.84. The Morgan fingerprint density at radius 2 is 2.25 bits per heavy atom. The van der Waals surface area contributed by atoms with E-state index in [9.17, 15) is 13.6 Å². The number of carbonyl (C=O) groups excluding carboxylic acids is 1. The molecule has 4 rings (SSSR count). The van der Waals surface area contributed by atoms with Crippen LogP contribution in [-0.2, 0) is 6.54 Å². The third-order valence-electron chi connectivity index (χ3n) is 4.09. The van der Waals surface area contributed by atoms with Gasteiger partial charge >= 0.3 is 0 Å². The van der Waals surface area contributed by atoms with Crippen molar-refractivity contribution in [2.24, 2.45) is 5.73 Å². The molecule has 0 aliphatic carbocycles. The number of carbonyl (C=O) groups is 1. The monoisotopic (exact) mass is 348 g/mol. The van der Waals surface area contributed by atoms with Crippen molar-refractivity contribution in [1.82, 2.24) is 14.9 Å². The summed E-state index contributed by atoms with van der Waals surface area (Å²) in [5.41, 5.74) is 8.06. The van der Waals surface area contributed by atoms with Crippen LogP contribution >= 0.6 is 11.3 Å². The molecule has 0 aromatic carbocycles. The molecule has 1 aliphatic heterocycles. The van der Waals surface area contributed by atoms with Crippen LogP contribution < -0.4 is 5.73 Å². The summed E-state index contributed by atoms with van der Waals surface area (Å²) in [5, 5.41) is 2.57. The van der Waals surface area contributed by atoms with Gasteiger partial charge in [-0.3, -0.25) is 9.69 Å². The van der Waals surface area contributed by atoms with Crippen molar-refractivity contribution in [2.75, 3.05) is 13.1 Å². The Kier molecular flexibility index (Phi) is 3.40. The first kappa shape index (κ1) is 15.2. The molecular formula is C16H14F2N4OS. The molecule has 3 N–H and O–H groups in total. The van der Waals surface area contributed by atoms with Gasteiger partial charge in [-0.2, -0.15) is 0 Å². The maximum absolute atomic E-state index is 12.9. The molecule has 4 heterocycles. The highest BCUT2D eigenvalue weighted by molar-refractivity contribution is 7.10. The van der Waals surface area contributed by atoms with E-state index in [1.807, 2.05) is 11.4 Å². The number of hydrogen-bond acceptors (Lipinski definition) is 4. The Labute approximate surface area is 140 Å². The van der Waals surface area contributed by atoms with Gasteiger partial charge in [-0.05, 0) is 23.1 Å². The minimum absolute atomic E-state index is 0.205. The molecule has 0 bridgehead atoms. The first-order valence-electron chi connectivity index (χ1n) is 7.37. The number of fused-ring (bicyclic) bond motifs is 1. The number of pyridine rings is 1. The van der Waals surface area contributed by atoms with E-state index < -0.39 is 11.8 Å². The SMILES string of the molecule is NC(=O)c1c(-c2csc(CN3CC(F)(F)C3)c2)cnc2[nH]ccc12. The van der Waals surface area contributed by atoms with Gasteiger partial charge in [-0.15, -0.1) is 11.3 Å². The van der Waals surface area contributed by atoms with Crippen molar-refractivity contribution in [1.29, 1.82) is 0 Å². The van der Waals surface area contributed by atoms with Gasteiger partial charge in [0.15, 0.2) is 0 Å². The number of amides is 1. The van der Waals surface area contributed by atoms with Gasteiger partial charge in [0.05, 0.1) is 18.7 Å². The second kappa shape index (κ2) is 5.35. The van der Waals surface area contributed by atoms with Crippen LogP contribution in [-0.4, -0.2) is 39.8 Å². The molecule has 0 atom stereocenters. The number of nitrogens with zero attached hydrogens (tertiary/aromatic N) is 2. The number of nitrogens with one attached hydrogen (secondary N) is 1. The zero-order chi connectivity index (χ0) is 16.9. The number of rotatable bonds is 4. The number of primary amides is 1. The molecule has 8 heteroatoms. The molecule has 5 nitrogen and oxygen atoms in total. The zero-order valence-electron chi connectivity index (χ0n) is 12.6. The number of likely N-dealkylation sites (tertiary alicyclic amines) is 1. The average molecular weight is 348 g/mol. The molecule has 3 aromatic rings. The summed E-state index contributed by atoms with van der Waals surface area (Å²) in [6.07, 6.45) is 3.32. The Bertz CT molecular complexity index is 925. The van der Waals surface area contributed by atoms with Gasteiger partial charge in [0, 0.05) is 34.8 Å². The van der Waals surface area contributed by atoms with Gasteiger partial charge in [0.25, 0.3) is 5.92 Å². The number of nitrogens with two attached hydrogens (primary N) is 1. The first-order valence-corrected chi connectivity index (χ1v) is 8.25. The standard InChI is InChI=1S/C16H14F2N4OS/c17-16(18)7-22(8-16)5-10-3-9(6-24-10)12-4-21-15-11(1-2-20-15)13(12)14(19)23/h1-4,6H,5,7-8H2,(H2,19,23)(H,20,21). The number of thiophene rings is 1. The fourth-order valence-corrected chi connectivity index (χ4v) is 3.96. The largest absolute Gasteiger partial charge is 0.366 e. The van der Waals surface area contributed by atoms with E-state index in [1.54, 1.807) is 23.4 Å². The van der Waals surface area contributed by atoms with Gasteiger partial charge in [-0.25, -0.2) is 13.8 Å². The van der Waals surface area contributed by atoms with E-state index in [1.165, 1.54) is 11.3 Å². The molecule has 3 aromatic heterocycles. The molecule has 1 fully saturated rings. The van der Waals surface area contributed by atoms with Gasteiger partial charge in [0.1, 0.15) is 5.65 Å². The summed E-state index contributed by atoms with van der Waals surface area (Å²) in [6, 6.07) is 3.67. The van der Waals surface area contributed by atoms with Gasteiger partial charge in [0.2, 0.25) is 5.91 Å². The fraction of sp³-hybridized carbons (Fsp3) is 0.250. The van der Waals surface area contributed by atoms with E-state index in [2.05, 4.69) is 9.97 Å². The lowest BCUT2D eigenvalue weighted by Gasteiger charge is -2.38. The fourth-order valence-electron chi connectivity index (χ4n) is 3.04. The molecule has 124 valence electrons. The van der Waals surface area contributed by atoms with Crippen LogP contribution in [0.25, 0.3) is 22.2 Å². The van der Waals surface area contributed by atoms with Crippen molar-refractivity contribution in [2.45, 2.75) is 12.5 Å². The third kappa shape index (κ3) is 2.57. The lowest BCUT2D eigenvalue weighted by molar-refractivity contribution is -0.133. The van der Waals surface area contributed by atoms with Gasteiger partial charge in [-0.1, -0.05) is 0 Å². The quantitative estimate of drug-likeness (QED) is 0.761. The maximum Gasteiger partial charge on any atom is 0.272 e. The van der Waals surface area contributed by atoms with Crippen LogP contribution in [0.15, 0.2) is 29.9 Å². The summed E-state index contributed by atoms with van der Waals surface area (Å²) in [7, 11) is 0. The normalized spacial score (nSPS) is 17.1. The number of aromatic amines is 1. The van der Waals surface area contributed by atoms with E-state index in [-0.39, 0.29) is 13.1 Å². The van der Waals surface area contributed by atoms with Crippen LogP contribution in [0.3, 0.4) is 0 Å². The van der Waals surface area contributed by atoms with Crippen LogP contribution in [0, 0.1) is 0 Å². The number of halogens is 2. The Balaban J connectivity index is 1.66. The van der Waals surface area contributed by atoms with E-state index >= 15 is 0 Å². The molecule has 24 heavy (non-hydrogen) atoms. The molecular weight excluding hydrogens is 334 g/mol. The number of aromatic nitrogens is 2. The van der Waals surface area contributed by atoms with Crippen molar-refractivity contribution < 1.29 is 13.6 Å². The Hall–Kier alpha value is -2.32. The number of H-pyrrole nitrogens is 1. The van der Waals surface area contributed by atoms with Crippen molar-refractivity contribution >= 4 is 28.3 Å². The summed E-state index contributed by atoms with van der Waals surface area (Å²) in [5.74, 6) is -3.09. The molecule has 1 aliphatic rings. The van der Waals surface area contributed by atoms with Crippen molar-refractivity contribution in [3.05, 3.63) is 40.3 Å². The number of alkyl halides is 2. The summed E-state index contributed by atoms with van der Waals surface area (Å²) in [4.78, 5) is 21.8. The van der Waals surface area contributed by atoms with E-state index in [4.69, 9.17) is 5.73 Å². The zero-order valence-corrected chi connectivity index (χ0v) is 13.4. The predicted molar refractivity (Wildman–Crippen MR) is 88.1 cm³/mol. The highest BCUT2D eigenvalue weighted by Crippen LogP contribution is 2.34. The van der Waals surface area contributed by atoms with Crippen molar-refractivity contribution in [3.8, 4) is 11.1 Å². The van der Waals surface area contributed by atoms with E-state index in [0.29, 0.717) is 28.7 Å². The lowest BCUT2D eigenvalue weighted by Crippen LogP contribution is -2.55. The average Bonchev–Trinajstić information content (AvgIpc) is 3.12. The molecule has 0 saturated carbocycles. The van der Waals surface area contributed by atoms with Crippen LogP contribution in [0.1, 0.15) is 15.2 Å². The number of hydrogen-bond donors (Lipinski definition) is 2. The highest BCUT2D eigenvalue weighted by Gasteiger charge is 2.43. The molecule has 0 unspecified atom stereocenters. The van der Waals surface area contributed by atoms with Gasteiger partial charge < -0.3 is 10.7 Å². The highest BCUT2D eigenvalue weighted by atomic mass is 32.1. The molecule has 1 amide bonds. The molecule has 0 radical (unpaired) electrons. The van der Waals surface area contributed by atoms with Crippen LogP contribution in [0.5, 0.6) is 0 Å². The Morgan fingerprint density at radius 3 is 2.96 bits per heavy atom. The minimum atomic E-state index is -2.57. The summed E-state index contributed by atoms with van der Waals surface area (Å²) in [6.45, 7) is 0.0687.